The molecule has 0 aliphatic heterocycles. The summed E-state index contributed by atoms with van der Waals surface area (Å²) in [5.41, 5.74) is 1.81. The number of aliphatic carboxylic acids is 1. The van der Waals surface area contributed by atoms with Crippen molar-refractivity contribution in [2.45, 2.75) is 6.92 Å². The fourth-order valence-corrected chi connectivity index (χ4v) is 2.25. The molecule has 0 aliphatic carbocycles. The second-order valence-electron chi connectivity index (χ2n) is 5.49. The maximum Gasteiger partial charge on any atom is 0.341 e. The monoisotopic (exact) mass is 352 g/mol. The Hall–Kier alpha value is -3.68. The van der Waals surface area contributed by atoms with E-state index in [0.717, 1.165) is 11.4 Å². The van der Waals surface area contributed by atoms with Crippen LogP contribution in [0.2, 0.25) is 0 Å². The lowest BCUT2D eigenvalue weighted by Crippen LogP contribution is -2.13. The molecule has 3 rings (SSSR count). The van der Waals surface area contributed by atoms with Gasteiger partial charge >= 0.3 is 5.97 Å². The van der Waals surface area contributed by atoms with Crippen LogP contribution in [0.3, 0.4) is 0 Å². The number of anilines is 1. The van der Waals surface area contributed by atoms with Crippen molar-refractivity contribution >= 4 is 17.6 Å². The van der Waals surface area contributed by atoms with E-state index in [1.165, 1.54) is 6.07 Å². The Labute approximate surface area is 148 Å². The number of amides is 1. The minimum Gasteiger partial charge on any atom is -0.482 e. The van der Waals surface area contributed by atoms with E-state index >= 15 is 0 Å². The van der Waals surface area contributed by atoms with E-state index in [4.69, 9.17) is 9.84 Å². The number of carboxylic acids is 1. The van der Waals surface area contributed by atoms with Crippen molar-refractivity contribution in [2.24, 2.45) is 0 Å². The van der Waals surface area contributed by atoms with Crippen molar-refractivity contribution in [3.05, 3.63) is 59.9 Å². The Morgan fingerprint density at radius 1 is 1.19 bits per heavy atom. The van der Waals surface area contributed by atoms with Gasteiger partial charge in [0.1, 0.15) is 11.6 Å². The SMILES string of the molecule is Cc1nc(-c2ccc(NC(=O)c3cccc(OCC(=O)O)c3)cc2)n[nH]1. The van der Waals surface area contributed by atoms with Crippen molar-refractivity contribution in [2.75, 3.05) is 11.9 Å². The minimum atomic E-state index is -1.08. The summed E-state index contributed by atoms with van der Waals surface area (Å²) in [5, 5.41) is 18.3. The molecule has 0 bridgehead atoms. The third-order valence-corrected chi connectivity index (χ3v) is 3.46. The minimum absolute atomic E-state index is 0.315. The first-order valence-corrected chi connectivity index (χ1v) is 7.77. The Morgan fingerprint density at radius 3 is 2.62 bits per heavy atom. The number of ether oxygens (including phenoxy) is 1. The van der Waals surface area contributed by atoms with Crippen molar-refractivity contribution in [3.8, 4) is 17.1 Å². The molecule has 1 aromatic heterocycles. The number of hydrogen-bond donors (Lipinski definition) is 3. The topological polar surface area (TPSA) is 117 Å². The van der Waals surface area contributed by atoms with E-state index in [-0.39, 0.29) is 5.91 Å². The van der Waals surface area contributed by atoms with Gasteiger partial charge in [0.25, 0.3) is 5.91 Å². The van der Waals surface area contributed by atoms with Gasteiger partial charge in [-0.05, 0) is 49.4 Å². The Morgan fingerprint density at radius 2 is 1.96 bits per heavy atom. The van der Waals surface area contributed by atoms with Crippen LogP contribution >= 0.6 is 0 Å². The average Bonchev–Trinajstić information content (AvgIpc) is 3.07. The van der Waals surface area contributed by atoms with E-state index in [1.807, 2.05) is 19.1 Å². The average molecular weight is 352 g/mol. The molecule has 2 aromatic carbocycles. The van der Waals surface area contributed by atoms with Crippen molar-refractivity contribution in [1.82, 2.24) is 15.2 Å². The van der Waals surface area contributed by atoms with Crippen LogP contribution in [-0.4, -0.2) is 38.8 Å². The summed E-state index contributed by atoms with van der Waals surface area (Å²) >= 11 is 0. The summed E-state index contributed by atoms with van der Waals surface area (Å²) in [6, 6.07) is 13.5. The Kier molecular flexibility index (Phi) is 4.93. The Bertz CT molecular complexity index is 934. The van der Waals surface area contributed by atoms with Gasteiger partial charge in [-0.25, -0.2) is 9.78 Å². The fourth-order valence-electron chi connectivity index (χ4n) is 2.25. The summed E-state index contributed by atoms with van der Waals surface area (Å²) in [7, 11) is 0. The molecule has 0 aliphatic rings. The third kappa shape index (κ3) is 4.23. The number of nitrogens with zero attached hydrogens (tertiary/aromatic N) is 2. The molecule has 0 radical (unpaired) electrons. The zero-order valence-electron chi connectivity index (χ0n) is 13.9. The van der Waals surface area contributed by atoms with Gasteiger partial charge in [0.05, 0.1) is 0 Å². The normalized spacial score (nSPS) is 10.3. The van der Waals surface area contributed by atoms with Crippen molar-refractivity contribution < 1.29 is 19.4 Å². The molecule has 0 saturated carbocycles. The number of H-pyrrole nitrogens is 1. The largest absolute Gasteiger partial charge is 0.482 e. The van der Waals surface area contributed by atoms with Gasteiger partial charge in [-0.15, -0.1) is 0 Å². The van der Waals surface area contributed by atoms with Crippen LogP contribution in [0.4, 0.5) is 5.69 Å². The first kappa shape index (κ1) is 17.2. The summed E-state index contributed by atoms with van der Waals surface area (Å²) in [6.45, 7) is 1.35. The summed E-state index contributed by atoms with van der Waals surface area (Å²) in [5.74, 6) is 0.218. The smallest absolute Gasteiger partial charge is 0.341 e. The highest BCUT2D eigenvalue weighted by molar-refractivity contribution is 6.04. The molecule has 3 aromatic rings. The number of aromatic nitrogens is 3. The molecule has 0 atom stereocenters. The van der Waals surface area contributed by atoms with Crippen LogP contribution in [0, 0.1) is 6.92 Å². The van der Waals surface area contributed by atoms with Gasteiger partial charge in [0.15, 0.2) is 12.4 Å². The highest BCUT2D eigenvalue weighted by Crippen LogP contribution is 2.19. The number of carboxylic acid groups (broad SMARTS) is 1. The lowest BCUT2D eigenvalue weighted by atomic mass is 10.1. The number of nitrogens with one attached hydrogen (secondary N) is 2. The first-order chi connectivity index (χ1) is 12.5. The lowest BCUT2D eigenvalue weighted by Gasteiger charge is -2.08. The van der Waals surface area contributed by atoms with Crippen molar-refractivity contribution in [3.63, 3.8) is 0 Å². The van der Waals surface area contributed by atoms with E-state index in [2.05, 4.69) is 20.5 Å². The molecular formula is C18H16N4O4. The van der Waals surface area contributed by atoms with Gasteiger partial charge in [0.2, 0.25) is 0 Å². The van der Waals surface area contributed by atoms with Crippen LogP contribution in [-0.2, 0) is 4.79 Å². The highest BCUT2D eigenvalue weighted by Gasteiger charge is 2.09. The molecule has 0 unspecified atom stereocenters. The molecule has 0 fully saturated rings. The zero-order valence-corrected chi connectivity index (χ0v) is 13.9. The molecule has 132 valence electrons. The van der Waals surface area contributed by atoms with Crippen molar-refractivity contribution in [1.29, 1.82) is 0 Å². The number of carbonyl (C=O) groups is 2. The van der Waals surface area contributed by atoms with Crippen LogP contribution in [0.25, 0.3) is 11.4 Å². The van der Waals surface area contributed by atoms with Gasteiger partial charge in [-0.2, -0.15) is 5.10 Å². The summed E-state index contributed by atoms with van der Waals surface area (Å²) < 4.78 is 5.08. The van der Waals surface area contributed by atoms with Gasteiger partial charge < -0.3 is 15.2 Å². The number of hydrogen-bond acceptors (Lipinski definition) is 5. The second-order valence-corrected chi connectivity index (χ2v) is 5.49. The van der Waals surface area contributed by atoms with Gasteiger partial charge in [-0.3, -0.25) is 9.89 Å². The number of aryl methyl sites for hydroxylation is 1. The van der Waals surface area contributed by atoms with E-state index in [9.17, 15) is 9.59 Å². The number of benzene rings is 2. The molecule has 1 heterocycles. The number of carbonyl (C=O) groups excluding carboxylic acids is 1. The molecular weight excluding hydrogens is 336 g/mol. The molecule has 26 heavy (non-hydrogen) atoms. The fraction of sp³-hybridized carbons (Fsp3) is 0.111. The van der Waals surface area contributed by atoms with Crippen LogP contribution in [0.15, 0.2) is 48.5 Å². The molecule has 1 amide bonds. The highest BCUT2D eigenvalue weighted by atomic mass is 16.5. The van der Waals surface area contributed by atoms with Gasteiger partial charge in [-0.1, -0.05) is 6.07 Å². The summed E-state index contributed by atoms with van der Waals surface area (Å²) in [6.07, 6.45) is 0. The number of aromatic amines is 1. The molecule has 0 spiro atoms. The van der Waals surface area contributed by atoms with E-state index in [1.54, 1.807) is 30.3 Å². The number of rotatable bonds is 6. The third-order valence-electron chi connectivity index (χ3n) is 3.46. The van der Waals surface area contributed by atoms with Crippen LogP contribution in [0.1, 0.15) is 16.2 Å². The predicted octanol–water partition coefficient (Wildman–Crippen LogP) is 2.50. The lowest BCUT2D eigenvalue weighted by molar-refractivity contribution is -0.139. The van der Waals surface area contributed by atoms with Crippen LogP contribution in [0.5, 0.6) is 5.75 Å². The second kappa shape index (κ2) is 7.47. The summed E-state index contributed by atoms with van der Waals surface area (Å²) in [4.78, 5) is 27.1. The standard InChI is InChI=1S/C18H16N4O4/c1-11-19-17(22-21-11)12-5-7-14(8-6-12)20-18(25)13-3-2-4-15(9-13)26-10-16(23)24/h2-9H,10H2,1H3,(H,20,25)(H,23,24)(H,19,21,22). The molecule has 0 saturated heterocycles. The maximum atomic E-state index is 12.4. The van der Waals surface area contributed by atoms with E-state index < -0.39 is 12.6 Å². The van der Waals surface area contributed by atoms with Crippen LogP contribution < -0.4 is 10.1 Å². The van der Waals surface area contributed by atoms with E-state index in [0.29, 0.717) is 22.8 Å². The quantitative estimate of drug-likeness (QED) is 0.627. The first-order valence-electron chi connectivity index (χ1n) is 7.77. The molecule has 8 nitrogen and oxygen atoms in total. The zero-order chi connectivity index (χ0) is 18.5. The molecule has 3 N–H and O–H groups in total. The van der Waals surface area contributed by atoms with Gasteiger partial charge in [0, 0.05) is 16.8 Å². The predicted molar refractivity (Wildman–Crippen MR) is 94.1 cm³/mol. The molecule has 8 heteroatoms. The maximum absolute atomic E-state index is 12.4. The Balaban J connectivity index is 1.68.